The molecule has 0 bridgehead atoms. The van der Waals surface area contributed by atoms with Gasteiger partial charge < -0.3 is 14.8 Å². The quantitative estimate of drug-likeness (QED) is 0.687. The van der Waals surface area contributed by atoms with E-state index in [9.17, 15) is 9.59 Å². The van der Waals surface area contributed by atoms with Crippen LogP contribution in [0.4, 0.5) is 0 Å². The summed E-state index contributed by atoms with van der Waals surface area (Å²) < 4.78 is 12.4. The van der Waals surface area contributed by atoms with Crippen molar-refractivity contribution in [2.75, 3.05) is 13.2 Å². The maximum absolute atomic E-state index is 12.5. The summed E-state index contributed by atoms with van der Waals surface area (Å²) in [5.74, 6) is 1.58. The molecule has 0 spiro atoms. The standard InChI is InChI=1S/C19H21N5O4/c1-11(13-3-5-15-16(9-13)28-8-7-27-15)22-17(25)6-4-14-12(2)23-19-20-10-21-24(19)18(14)26/h3,5,9-11H,4,6-8H2,1-2H3,(H,22,25)(H,20,21,23). The minimum absolute atomic E-state index is 0.143. The third-order valence-corrected chi connectivity index (χ3v) is 4.78. The highest BCUT2D eigenvalue weighted by atomic mass is 16.6. The van der Waals surface area contributed by atoms with E-state index < -0.39 is 0 Å². The second-order valence-corrected chi connectivity index (χ2v) is 6.70. The van der Waals surface area contributed by atoms with Gasteiger partial charge in [-0.2, -0.15) is 4.52 Å². The Bertz CT molecular complexity index is 1090. The van der Waals surface area contributed by atoms with Crippen LogP contribution in [0.5, 0.6) is 11.5 Å². The average Bonchev–Trinajstić information content (AvgIpc) is 3.16. The van der Waals surface area contributed by atoms with E-state index in [1.165, 1.54) is 10.8 Å². The molecule has 2 N–H and O–H groups in total. The lowest BCUT2D eigenvalue weighted by molar-refractivity contribution is -0.121. The third kappa shape index (κ3) is 3.42. The van der Waals surface area contributed by atoms with Gasteiger partial charge in [0.15, 0.2) is 11.5 Å². The third-order valence-electron chi connectivity index (χ3n) is 4.78. The van der Waals surface area contributed by atoms with E-state index in [-0.39, 0.29) is 23.9 Å². The fourth-order valence-electron chi connectivity index (χ4n) is 3.25. The predicted molar refractivity (Wildman–Crippen MR) is 101 cm³/mol. The van der Waals surface area contributed by atoms with Crippen LogP contribution in [0, 0.1) is 6.92 Å². The second kappa shape index (κ2) is 7.34. The number of hydrogen-bond acceptors (Lipinski definition) is 6. The highest BCUT2D eigenvalue weighted by Crippen LogP contribution is 2.32. The summed E-state index contributed by atoms with van der Waals surface area (Å²) >= 11 is 0. The molecule has 4 rings (SSSR count). The Morgan fingerprint density at radius 2 is 2.11 bits per heavy atom. The molecule has 1 atom stereocenters. The van der Waals surface area contributed by atoms with Crippen molar-refractivity contribution in [3.8, 4) is 11.5 Å². The van der Waals surface area contributed by atoms with Gasteiger partial charge in [-0.25, -0.2) is 9.97 Å². The van der Waals surface area contributed by atoms with Crippen molar-refractivity contribution < 1.29 is 14.3 Å². The van der Waals surface area contributed by atoms with E-state index in [1.807, 2.05) is 25.1 Å². The van der Waals surface area contributed by atoms with Gasteiger partial charge in [-0.1, -0.05) is 6.07 Å². The first-order chi connectivity index (χ1) is 13.5. The number of aromatic amines is 1. The van der Waals surface area contributed by atoms with E-state index in [4.69, 9.17) is 9.47 Å². The van der Waals surface area contributed by atoms with Gasteiger partial charge in [-0.3, -0.25) is 14.7 Å². The summed E-state index contributed by atoms with van der Waals surface area (Å²) in [6.45, 7) is 4.71. The Morgan fingerprint density at radius 3 is 2.93 bits per heavy atom. The van der Waals surface area contributed by atoms with Gasteiger partial charge in [0, 0.05) is 12.0 Å². The molecule has 1 aromatic carbocycles. The number of nitrogens with one attached hydrogen (secondary N) is 2. The summed E-state index contributed by atoms with van der Waals surface area (Å²) in [7, 11) is 0. The molecule has 9 nitrogen and oxygen atoms in total. The molecule has 28 heavy (non-hydrogen) atoms. The molecule has 1 aliphatic rings. The van der Waals surface area contributed by atoms with Crippen molar-refractivity contribution in [2.24, 2.45) is 0 Å². The van der Waals surface area contributed by atoms with Crippen LogP contribution in [0.1, 0.15) is 36.2 Å². The Balaban J connectivity index is 1.41. The Labute approximate surface area is 160 Å². The van der Waals surface area contributed by atoms with Gasteiger partial charge in [0.1, 0.15) is 19.5 Å². The molecule has 0 aliphatic carbocycles. The number of nitrogens with zero attached hydrogens (tertiary/aromatic N) is 3. The molecule has 9 heteroatoms. The number of amides is 1. The molecule has 146 valence electrons. The minimum Gasteiger partial charge on any atom is -0.486 e. The molecule has 1 amide bonds. The Morgan fingerprint density at radius 1 is 1.32 bits per heavy atom. The summed E-state index contributed by atoms with van der Waals surface area (Å²) in [6.07, 6.45) is 1.90. The Hall–Kier alpha value is -3.36. The van der Waals surface area contributed by atoms with E-state index >= 15 is 0 Å². The molecular formula is C19H21N5O4. The zero-order chi connectivity index (χ0) is 19.7. The number of benzene rings is 1. The van der Waals surface area contributed by atoms with Gasteiger partial charge in [-0.05, 0) is 38.0 Å². The van der Waals surface area contributed by atoms with Crippen LogP contribution in [0.15, 0.2) is 29.3 Å². The zero-order valence-electron chi connectivity index (χ0n) is 15.7. The SMILES string of the molecule is Cc1nc2nc[nH]n2c(=O)c1CCC(=O)NC(C)c1ccc2c(c1)OCCO2. The number of fused-ring (bicyclic) bond motifs is 2. The van der Waals surface area contributed by atoms with Crippen molar-refractivity contribution in [2.45, 2.75) is 32.7 Å². The lowest BCUT2D eigenvalue weighted by atomic mass is 10.1. The molecule has 3 aromatic rings. The average molecular weight is 383 g/mol. The highest BCUT2D eigenvalue weighted by Gasteiger charge is 2.17. The van der Waals surface area contributed by atoms with Gasteiger partial charge in [0.25, 0.3) is 11.3 Å². The van der Waals surface area contributed by atoms with Gasteiger partial charge in [0.2, 0.25) is 5.91 Å². The molecule has 2 aromatic heterocycles. The van der Waals surface area contributed by atoms with E-state index in [1.54, 1.807) is 6.92 Å². The van der Waals surface area contributed by atoms with Crippen molar-refractivity contribution in [3.63, 3.8) is 0 Å². The molecular weight excluding hydrogens is 362 g/mol. The zero-order valence-corrected chi connectivity index (χ0v) is 15.7. The largest absolute Gasteiger partial charge is 0.486 e. The van der Waals surface area contributed by atoms with Crippen LogP contribution in [0.2, 0.25) is 0 Å². The van der Waals surface area contributed by atoms with Crippen LogP contribution >= 0.6 is 0 Å². The van der Waals surface area contributed by atoms with Crippen LogP contribution in [0.25, 0.3) is 5.78 Å². The number of aryl methyl sites for hydroxylation is 1. The van der Waals surface area contributed by atoms with Gasteiger partial charge in [0.05, 0.1) is 11.7 Å². The number of carbonyl (C=O) groups excluding carboxylic acids is 1. The molecule has 0 saturated heterocycles. The number of H-pyrrole nitrogens is 1. The number of rotatable bonds is 5. The van der Waals surface area contributed by atoms with E-state index in [0.29, 0.717) is 48.2 Å². The van der Waals surface area contributed by atoms with Gasteiger partial charge >= 0.3 is 0 Å². The van der Waals surface area contributed by atoms with Crippen molar-refractivity contribution in [3.05, 3.63) is 51.7 Å². The number of carbonyl (C=O) groups is 1. The van der Waals surface area contributed by atoms with E-state index in [2.05, 4.69) is 20.4 Å². The summed E-state index contributed by atoms with van der Waals surface area (Å²) in [6, 6.07) is 5.44. The smallest absolute Gasteiger partial charge is 0.277 e. The molecule has 0 saturated carbocycles. The molecule has 1 unspecified atom stereocenters. The minimum atomic E-state index is -0.229. The summed E-state index contributed by atoms with van der Waals surface area (Å²) in [5.41, 5.74) is 1.79. The second-order valence-electron chi connectivity index (χ2n) is 6.70. The number of aromatic nitrogens is 4. The first-order valence-corrected chi connectivity index (χ1v) is 9.13. The monoisotopic (exact) mass is 383 g/mol. The van der Waals surface area contributed by atoms with Crippen LogP contribution in [-0.2, 0) is 11.2 Å². The summed E-state index contributed by atoms with van der Waals surface area (Å²) in [4.78, 5) is 33.2. The summed E-state index contributed by atoms with van der Waals surface area (Å²) in [5, 5.41) is 5.69. The van der Waals surface area contributed by atoms with Crippen LogP contribution < -0.4 is 20.3 Å². The predicted octanol–water partition coefficient (Wildman–Crippen LogP) is 1.31. The Kier molecular flexibility index (Phi) is 4.72. The molecule has 1 aliphatic heterocycles. The first-order valence-electron chi connectivity index (χ1n) is 9.13. The molecule has 0 radical (unpaired) electrons. The number of ether oxygens (including phenoxy) is 2. The maximum atomic E-state index is 12.5. The fraction of sp³-hybridized carbons (Fsp3) is 0.368. The van der Waals surface area contributed by atoms with E-state index in [0.717, 1.165) is 5.56 Å². The van der Waals surface area contributed by atoms with Gasteiger partial charge in [-0.15, -0.1) is 0 Å². The lowest BCUT2D eigenvalue weighted by Gasteiger charge is -2.21. The van der Waals surface area contributed by atoms with Crippen LogP contribution in [-0.4, -0.2) is 38.7 Å². The maximum Gasteiger partial charge on any atom is 0.277 e. The van der Waals surface area contributed by atoms with Crippen molar-refractivity contribution >= 4 is 11.7 Å². The topological polar surface area (TPSA) is 111 Å². The highest BCUT2D eigenvalue weighted by molar-refractivity contribution is 5.76. The number of hydrogen-bond donors (Lipinski definition) is 2. The normalized spacial score (nSPS) is 14.1. The van der Waals surface area contributed by atoms with Crippen LogP contribution in [0.3, 0.4) is 0 Å². The molecule has 3 heterocycles. The van der Waals surface area contributed by atoms with Crippen molar-refractivity contribution in [1.29, 1.82) is 0 Å². The first kappa shape index (κ1) is 18.0. The molecule has 0 fully saturated rings. The van der Waals surface area contributed by atoms with Crippen molar-refractivity contribution in [1.82, 2.24) is 24.9 Å². The fourth-order valence-corrected chi connectivity index (χ4v) is 3.25. The lowest BCUT2D eigenvalue weighted by Crippen LogP contribution is -2.28.